The number of phenols is 1. The molecule has 1 aromatic rings. The van der Waals surface area contributed by atoms with Crippen molar-refractivity contribution in [3.63, 3.8) is 0 Å². The van der Waals surface area contributed by atoms with Crippen molar-refractivity contribution < 1.29 is 49.3 Å². The van der Waals surface area contributed by atoms with E-state index in [-0.39, 0.29) is 42.4 Å². The number of esters is 1. The fourth-order valence-corrected chi connectivity index (χ4v) is 9.19. The van der Waals surface area contributed by atoms with Crippen LogP contribution in [0.25, 0.3) is 0 Å². The first-order valence-corrected chi connectivity index (χ1v) is 16.0. The monoisotopic (exact) mass is 657 g/mol. The third-order valence-corrected chi connectivity index (χ3v) is 11.5. The van der Waals surface area contributed by atoms with Gasteiger partial charge >= 0.3 is 11.7 Å². The number of rotatable bonds is 10. The number of benzene rings is 1. The van der Waals surface area contributed by atoms with E-state index in [1.54, 1.807) is 0 Å². The second-order valence-electron chi connectivity index (χ2n) is 13.9. The highest BCUT2D eigenvalue weighted by atomic mass is 16.6. The van der Waals surface area contributed by atoms with Gasteiger partial charge in [-0.1, -0.05) is 30.6 Å². The summed E-state index contributed by atoms with van der Waals surface area (Å²) in [6.07, 6.45) is 5.09. The molecule has 0 aromatic heterocycles. The zero-order valence-electron chi connectivity index (χ0n) is 26.8. The second kappa shape index (κ2) is 13.0. The minimum atomic E-state index is -1.64. The Kier molecular flexibility index (Phi) is 9.50. The average Bonchev–Trinajstić information content (AvgIpc) is 3.30. The van der Waals surface area contributed by atoms with Crippen LogP contribution in [0, 0.1) is 38.7 Å². The summed E-state index contributed by atoms with van der Waals surface area (Å²) < 4.78 is 4.78. The van der Waals surface area contributed by atoms with E-state index in [0.29, 0.717) is 30.5 Å². The predicted molar refractivity (Wildman–Crippen MR) is 166 cm³/mol. The molecule has 4 aliphatic rings. The number of hydrogen-bond acceptors (Lipinski definition) is 12. The van der Waals surface area contributed by atoms with Crippen LogP contribution in [0.15, 0.2) is 35.0 Å². The number of nitro benzene ring substituents is 1. The molecule has 0 unspecified atom stereocenters. The summed E-state index contributed by atoms with van der Waals surface area (Å²) in [4.78, 5) is 53.4. The number of aliphatic hydroxyl groups excluding tert-OH is 2. The third kappa shape index (κ3) is 6.02. The van der Waals surface area contributed by atoms with E-state index in [1.807, 2.05) is 13.0 Å². The molecule has 1 amide bonds. The Morgan fingerprint density at radius 1 is 1.19 bits per heavy atom. The summed E-state index contributed by atoms with van der Waals surface area (Å²) in [7, 11) is 1.15. The lowest BCUT2D eigenvalue weighted by molar-refractivity contribution is -0.385. The van der Waals surface area contributed by atoms with Crippen molar-refractivity contribution in [3.05, 3.63) is 45.5 Å². The van der Waals surface area contributed by atoms with E-state index < -0.39 is 70.4 Å². The number of methoxy groups -OCH3 is 1. The number of nitro groups is 1. The maximum Gasteiger partial charge on any atom is 0.328 e. The summed E-state index contributed by atoms with van der Waals surface area (Å²) in [5, 5.41) is 60.1. The number of amides is 1. The SMILES string of the molecule is COC(=O)[C@H](Cc1ccc(O)c([N+](=O)[O-])c1)NC(=O)CO/N=C1/C=C2CC[C@H]3[C@@H]([C@@H](O)C[C@@]4(C)[C@H]3CC[C@]4(O)C(=O)CO)[C@@]2(C)CC1. The van der Waals surface area contributed by atoms with Crippen molar-refractivity contribution in [2.45, 2.75) is 83.0 Å². The van der Waals surface area contributed by atoms with E-state index in [4.69, 9.17) is 9.57 Å². The van der Waals surface area contributed by atoms with Gasteiger partial charge in [-0.2, -0.15) is 0 Å². The zero-order chi connectivity index (χ0) is 34.3. The number of fused-ring (bicyclic) bond motifs is 5. The van der Waals surface area contributed by atoms with Crippen LogP contribution in [-0.4, -0.2) is 86.8 Å². The minimum absolute atomic E-state index is 0.0460. The van der Waals surface area contributed by atoms with Gasteiger partial charge in [0.2, 0.25) is 0 Å². The summed E-state index contributed by atoms with van der Waals surface area (Å²) in [5.74, 6) is -2.42. The van der Waals surface area contributed by atoms with E-state index in [9.17, 15) is 44.9 Å². The Balaban J connectivity index is 1.23. The first-order chi connectivity index (χ1) is 22.2. The molecule has 3 fully saturated rings. The van der Waals surface area contributed by atoms with Crippen LogP contribution >= 0.6 is 0 Å². The molecule has 47 heavy (non-hydrogen) atoms. The molecule has 4 aliphatic carbocycles. The van der Waals surface area contributed by atoms with Crippen LogP contribution in [0.1, 0.15) is 64.4 Å². The molecule has 0 bridgehead atoms. The third-order valence-electron chi connectivity index (χ3n) is 11.5. The lowest BCUT2D eigenvalue weighted by atomic mass is 9.45. The van der Waals surface area contributed by atoms with Crippen molar-refractivity contribution in [3.8, 4) is 5.75 Å². The molecule has 0 spiro atoms. The predicted octanol–water partition coefficient (Wildman–Crippen LogP) is 2.10. The number of nitrogens with zero attached hydrogens (tertiary/aromatic N) is 2. The first kappa shape index (κ1) is 34.5. The lowest BCUT2D eigenvalue weighted by Crippen LogP contribution is -2.62. The molecule has 14 nitrogen and oxygen atoms in total. The van der Waals surface area contributed by atoms with Crippen LogP contribution < -0.4 is 5.32 Å². The molecular formula is C33H43N3O11. The van der Waals surface area contributed by atoms with Crippen molar-refractivity contribution in [1.82, 2.24) is 5.32 Å². The van der Waals surface area contributed by atoms with Crippen molar-refractivity contribution in [2.24, 2.45) is 33.7 Å². The molecule has 5 N–H and O–H groups in total. The number of oxime groups is 1. The summed E-state index contributed by atoms with van der Waals surface area (Å²) in [6.45, 7) is 2.82. The number of aromatic hydroxyl groups is 1. The smallest absolute Gasteiger partial charge is 0.328 e. The van der Waals surface area contributed by atoms with Gasteiger partial charge in [-0.05, 0) is 85.8 Å². The molecule has 3 saturated carbocycles. The molecule has 0 radical (unpaired) electrons. The van der Waals surface area contributed by atoms with Crippen molar-refractivity contribution >= 4 is 29.1 Å². The van der Waals surface area contributed by atoms with Gasteiger partial charge in [-0.25, -0.2) is 4.79 Å². The summed E-state index contributed by atoms with van der Waals surface area (Å²) in [6, 6.07) is 2.50. The number of phenolic OH excluding ortho intramolecular Hbond substituents is 1. The van der Waals surface area contributed by atoms with Gasteiger partial charge < -0.3 is 35.3 Å². The van der Waals surface area contributed by atoms with E-state index in [0.717, 1.165) is 37.7 Å². The molecule has 14 heteroatoms. The summed E-state index contributed by atoms with van der Waals surface area (Å²) >= 11 is 0. The molecule has 8 atom stereocenters. The molecule has 256 valence electrons. The number of carbonyl (C=O) groups excluding carboxylic acids is 3. The first-order valence-electron chi connectivity index (χ1n) is 16.0. The van der Waals surface area contributed by atoms with Crippen LogP contribution in [0.3, 0.4) is 0 Å². The standard InChI is InChI=1S/C33H43N3O11/c1-31-10-8-20(35-47-17-28(41)34-23(30(42)46-3)12-18-4-7-25(38)24(13-18)36(44)45)14-19(31)5-6-21-22-9-11-33(43,27(40)16-37)32(22,2)15-26(39)29(21)31/h4,7,13-14,21-23,26,29,37-39,43H,5-6,8-12,15-17H2,1-3H3,(H,34,41)/b35-20+/t21-,22+,23+,26+,29+,31+,32+,33+/m1/s1. The maximum absolute atomic E-state index is 12.7. The molecule has 1 aromatic carbocycles. The van der Waals surface area contributed by atoms with Crippen LogP contribution in [0.5, 0.6) is 5.75 Å². The quantitative estimate of drug-likeness (QED) is 0.139. The van der Waals surface area contributed by atoms with Gasteiger partial charge in [-0.3, -0.25) is 19.7 Å². The Morgan fingerprint density at radius 2 is 1.94 bits per heavy atom. The number of ketones is 1. The largest absolute Gasteiger partial charge is 0.502 e. The number of nitrogens with one attached hydrogen (secondary N) is 1. The molecule has 0 saturated heterocycles. The molecular weight excluding hydrogens is 614 g/mol. The number of carbonyl (C=O) groups is 3. The van der Waals surface area contributed by atoms with Gasteiger partial charge in [0.1, 0.15) is 18.2 Å². The number of hydrogen-bond donors (Lipinski definition) is 5. The van der Waals surface area contributed by atoms with Gasteiger partial charge in [0.05, 0.1) is 23.8 Å². The molecule has 0 heterocycles. The number of aliphatic hydroxyl groups is 3. The van der Waals surface area contributed by atoms with Gasteiger partial charge in [0, 0.05) is 17.9 Å². The highest BCUT2D eigenvalue weighted by Crippen LogP contribution is 2.67. The number of ether oxygens (including phenoxy) is 1. The van der Waals surface area contributed by atoms with E-state index >= 15 is 0 Å². The Hall–Kier alpha value is -3.88. The highest BCUT2D eigenvalue weighted by Gasteiger charge is 2.68. The summed E-state index contributed by atoms with van der Waals surface area (Å²) in [5.41, 5.74) is -1.20. The fraction of sp³-hybridized carbons (Fsp3) is 0.636. The van der Waals surface area contributed by atoms with Gasteiger partial charge in [0.25, 0.3) is 5.91 Å². The average molecular weight is 658 g/mol. The van der Waals surface area contributed by atoms with Crippen LogP contribution in [-0.2, 0) is 30.4 Å². The second-order valence-corrected chi connectivity index (χ2v) is 13.9. The van der Waals surface area contributed by atoms with Gasteiger partial charge in [0.15, 0.2) is 18.1 Å². The van der Waals surface area contributed by atoms with Gasteiger partial charge in [-0.15, -0.1) is 0 Å². The Bertz CT molecular complexity index is 1510. The Labute approximate surface area is 272 Å². The maximum atomic E-state index is 12.7. The topological polar surface area (TPSA) is 218 Å². The van der Waals surface area contributed by atoms with Crippen LogP contribution in [0.2, 0.25) is 0 Å². The van der Waals surface area contributed by atoms with Crippen LogP contribution in [0.4, 0.5) is 5.69 Å². The molecule has 5 rings (SSSR count). The zero-order valence-corrected chi connectivity index (χ0v) is 26.8. The number of Topliss-reactive ketones (excluding diaryl/α,β-unsaturated/α-hetero) is 1. The Morgan fingerprint density at radius 3 is 2.62 bits per heavy atom. The van der Waals surface area contributed by atoms with Crippen molar-refractivity contribution in [1.29, 1.82) is 0 Å². The minimum Gasteiger partial charge on any atom is -0.502 e. The molecule has 0 aliphatic heterocycles. The fourth-order valence-electron chi connectivity index (χ4n) is 9.19. The highest BCUT2D eigenvalue weighted by molar-refractivity contribution is 5.96. The van der Waals surface area contributed by atoms with E-state index in [2.05, 4.69) is 17.4 Å². The lowest BCUT2D eigenvalue weighted by Gasteiger charge is -2.60. The normalized spacial score (nSPS) is 34.3. The van der Waals surface area contributed by atoms with E-state index in [1.165, 1.54) is 6.07 Å². The number of allylic oxidation sites excluding steroid dienone is 2. The van der Waals surface area contributed by atoms with Crippen molar-refractivity contribution in [2.75, 3.05) is 20.3 Å².